The summed E-state index contributed by atoms with van der Waals surface area (Å²) in [4.78, 5) is 37.6. The lowest BCUT2D eigenvalue weighted by molar-refractivity contribution is -0.134. The largest absolute Gasteiger partial charge is 0.391 e. The average Bonchev–Trinajstić information content (AvgIpc) is 3.57. The smallest absolute Gasteiger partial charge is 0.257 e. The second kappa shape index (κ2) is 9.55. The van der Waals surface area contributed by atoms with Gasteiger partial charge in [-0.15, -0.1) is 0 Å². The number of aliphatic imine (C=N–C) groups is 1. The number of β-amino-alcohol motifs (C(OH)–C–C–N with tert-alkyl or cyclic N) is 1. The Bertz CT molecular complexity index is 1330. The van der Waals surface area contributed by atoms with E-state index in [1.54, 1.807) is 30.3 Å². The number of aromatic nitrogens is 2. The molecule has 0 aliphatic carbocycles. The van der Waals surface area contributed by atoms with Crippen molar-refractivity contribution in [3.05, 3.63) is 71.9 Å². The number of amidine groups is 1. The number of nitrogens with one attached hydrogen (secondary N) is 1. The minimum Gasteiger partial charge on any atom is -0.391 e. The molecule has 2 aromatic heterocycles. The second-order valence-corrected chi connectivity index (χ2v) is 10.3. The molecule has 3 unspecified atom stereocenters. The topological polar surface area (TPSA) is 121 Å². The van der Waals surface area contributed by atoms with Crippen molar-refractivity contribution in [3.63, 3.8) is 0 Å². The van der Waals surface area contributed by atoms with Crippen molar-refractivity contribution < 1.29 is 19.2 Å². The first-order valence-corrected chi connectivity index (χ1v) is 12.5. The molecule has 2 aliphatic heterocycles. The van der Waals surface area contributed by atoms with Crippen molar-refractivity contribution in [2.24, 2.45) is 10.9 Å². The van der Waals surface area contributed by atoms with Crippen LogP contribution in [0.2, 0.25) is 0 Å². The predicted molar refractivity (Wildman–Crippen MR) is 138 cm³/mol. The number of carbonyl (C=O) groups excluding carboxylic acids is 2. The number of nitrogens with zero attached hydrogens (tertiary/aromatic N) is 4. The molecular formula is C28H31N5O4. The molecule has 4 atom stereocenters. The highest BCUT2D eigenvalue weighted by Crippen LogP contribution is 2.35. The molecule has 1 aromatic carbocycles. The number of carbonyl (C=O) groups is 2. The van der Waals surface area contributed by atoms with Gasteiger partial charge < -0.3 is 19.8 Å². The summed E-state index contributed by atoms with van der Waals surface area (Å²) in [6, 6.07) is 12.7. The molecule has 9 heteroatoms. The van der Waals surface area contributed by atoms with Gasteiger partial charge in [0, 0.05) is 31.4 Å². The van der Waals surface area contributed by atoms with Crippen molar-refractivity contribution in [1.82, 2.24) is 20.4 Å². The van der Waals surface area contributed by atoms with Crippen molar-refractivity contribution >= 4 is 17.6 Å². The third-order valence-electron chi connectivity index (χ3n) is 7.23. The van der Waals surface area contributed by atoms with Gasteiger partial charge in [0.05, 0.1) is 17.8 Å². The number of pyridine rings is 1. The Balaban J connectivity index is 1.43. The van der Waals surface area contributed by atoms with E-state index in [-0.39, 0.29) is 24.3 Å². The molecule has 5 rings (SSSR count). The standard InChI is InChI=1S/C28H31N5O4/c1-16(2)24(23-12-17(3)32-37-23)26(35)33-15-21(34)13-22(33)25-30-27(36)28(4,31-25)20-9-7-18(8-10-20)19-6-5-11-29-14-19/h5-12,14,16,21-22,24,34H,13,15H2,1-4H3,(H,30,31,36)/t21-,22?,24?,28?/m1/s1. The Kier molecular flexibility index (Phi) is 6.41. The van der Waals surface area contributed by atoms with E-state index in [4.69, 9.17) is 9.52 Å². The van der Waals surface area contributed by atoms with E-state index in [1.807, 2.05) is 57.2 Å². The zero-order valence-electron chi connectivity index (χ0n) is 21.4. The summed E-state index contributed by atoms with van der Waals surface area (Å²) in [6.45, 7) is 7.63. The zero-order chi connectivity index (χ0) is 26.3. The van der Waals surface area contributed by atoms with Crippen LogP contribution in [0.3, 0.4) is 0 Å². The number of hydrogen-bond acceptors (Lipinski definition) is 7. The number of hydrogen-bond donors (Lipinski definition) is 2. The molecule has 2 aliphatic rings. The molecule has 0 spiro atoms. The van der Waals surface area contributed by atoms with Crippen LogP contribution < -0.4 is 5.32 Å². The van der Waals surface area contributed by atoms with Gasteiger partial charge >= 0.3 is 0 Å². The fourth-order valence-corrected chi connectivity index (χ4v) is 5.19. The highest BCUT2D eigenvalue weighted by Gasteiger charge is 2.48. The average molecular weight is 502 g/mol. The first-order valence-electron chi connectivity index (χ1n) is 12.5. The summed E-state index contributed by atoms with van der Waals surface area (Å²) in [5.41, 5.74) is 2.26. The summed E-state index contributed by atoms with van der Waals surface area (Å²) in [5, 5.41) is 17.4. The zero-order valence-corrected chi connectivity index (χ0v) is 21.4. The fourth-order valence-electron chi connectivity index (χ4n) is 5.19. The molecule has 2 N–H and O–H groups in total. The molecule has 3 aromatic rings. The molecule has 192 valence electrons. The molecule has 37 heavy (non-hydrogen) atoms. The van der Waals surface area contributed by atoms with Gasteiger partial charge in [-0.3, -0.25) is 14.6 Å². The van der Waals surface area contributed by atoms with E-state index in [1.165, 1.54) is 0 Å². The molecule has 2 amide bonds. The predicted octanol–water partition coefficient (Wildman–Crippen LogP) is 3.19. The molecular weight excluding hydrogens is 470 g/mol. The quantitative estimate of drug-likeness (QED) is 0.535. The number of aliphatic hydroxyl groups excluding tert-OH is 1. The molecule has 0 saturated carbocycles. The Labute approximate surface area is 215 Å². The first-order chi connectivity index (χ1) is 17.7. The number of aryl methyl sites for hydroxylation is 1. The Hall–Kier alpha value is -3.85. The summed E-state index contributed by atoms with van der Waals surface area (Å²) >= 11 is 0. The first kappa shape index (κ1) is 24.8. The van der Waals surface area contributed by atoms with E-state index in [9.17, 15) is 14.7 Å². The van der Waals surface area contributed by atoms with Gasteiger partial charge in [0.1, 0.15) is 17.5 Å². The summed E-state index contributed by atoms with van der Waals surface area (Å²) < 4.78 is 5.44. The van der Waals surface area contributed by atoms with Crippen LogP contribution in [0.5, 0.6) is 0 Å². The van der Waals surface area contributed by atoms with Crippen molar-refractivity contribution in [2.45, 2.75) is 57.7 Å². The van der Waals surface area contributed by atoms with Gasteiger partial charge in [-0.05, 0) is 42.5 Å². The second-order valence-electron chi connectivity index (χ2n) is 10.3. The molecule has 0 bridgehead atoms. The molecule has 9 nitrogen and oxygen atoms in total. The molecule has 4 heterocycles. The number of likely N-dealkylation sites (tertiary alicyclic amines) is 1. The highest BCUT2D eigenvalue weighted by atomic mass is 16.5. The van der Waals surface area contributed by atoms with Crippen molar-refractivity contribution in [1.29, 1.82) is 0 Å². The SMILES string of the molecule is Cc1cc(C(C(=O)N2C[C@H](O)CC2C2=NC(C)(c3ccc(-c4cccnc4)cc3)C(=O)N2)C(C)C)on1. The lowest BCUT2D eigenvalue weighted by Crippen LogP contribution is -2.48. The lowest BCUT2D eigenvalue weighted by Gasteiger charge is -2.29. The summed E-state index contributed by atoms with van der Waals surface area (Å²) in [7, 11) is 0. The fraction of sp³-hybridized carbons (Fsp3) is 0.393. The normalized spacial score (nSPS) is 24.3. The minimum atomic E-state index is -1.15. The summed E-state index contributed by atoms with van der Waals surface area (Å²) in [5.74, 6) is -0.172. The molecule has 1 fully saturated rings. The van der Waals surface area contributed by atoms with Crippen LogP contribution in [0, 0.1) is 12.8 Å². The monoisotopic (exact) mass is 501 g/mol. The Morgan fingerprint density at radius 2 is 1.97 bits per heavy atom. The Morgan fingerprint density at radius 3 is 2.59 bits per heavy atom. The maximum atomic E-state index is 13.7. The van der Waals surface area contributed by atoms with Gasteiger partial charge in [-0.1, -0.05) is 49.3 Å². The van der Waals surface area contributed by atoms with Gasteiger partial charge in [0.2, 0.25) is 5.91 Å². The van der Waals surface area contributed by atoms with E-state index in [0.29, 0.717) is 23.7 Å². The van der Waals surface area contributed by atoms with E-state index in [0.717, 1.165) is 16.7 Å². The highest BCUT2D eigenvalue weighted by molar-refractivity contribution is 6.11. The van der Waals surface area contributed by atoms with Crippen LogP contribution in [0.25, 0.3) is 11.1 Å². The minimum absolute atomic E-state index is 0.0538. The van der Waals surface area contributed by atoms with E-state index >= 15 is 0 Å². The maximum absolute atomic E-state index is 13.7. The number of rotatable bonds is 6. The number of benzene rings is 1. The maximum Gasteiger partial charge on any atom is 0.257 e. The molecule has 0 radical (unpaired) electrons. The van der Waals surface area contributed by atoms with E-state index in [2.05, 4.69) is 15.5 Å². The van der Waals surface area contributed by atoms with Gasteiger partial charge in [-0.25, -0.2) is 4.99 Å². The van der Waals surface area contributed by atoms with Crippen LogP contribution in [0.4, 0.5) is 0 Å². The van der Waals surface area contributed by atoms with Gasteiger partial charge in [0.25, 0.3) is 5.91 Å². The number of aliphatic hydroxyl groups is 1. The lowest BCUT2D eigenvalue weighted by atomic mass is 9.91. The third-order valence-corrected chi connectivity index (χ3v) is 7.23. The van der Waals surface area contributed by atoms with Crippen molar-refractivity contribution in [3.8, 4) is 11.1 Å². The van der Waals surface area contributed by atoms with Crippen LogP contribution in [-0.4, -0.2) is 56.5 Å². The molecule has 1 saturated heterocycles. The van der Waals surface area contributed by atoms with E-state index < -0.39 is 23.6 Å². The Morgan fingerprint density at radius 1 is 1.22 bits per heavy atom. The third kappa shape index (κ3) is 4.55. The van der Waals surface area contributed by atoms with Crippen LogP contribution >= 0.6 is 0 Å². The number of amides is 2. The van der Waals surface area contributed by atoms with Gasteiger partial charge in [-0.2, -0.15) is 0 Å². The van der Waals surface area contributed by atoms with Crippen LogP contribution in [-0.2, 0) is 15.1 Å². The van der Waals surface area contributed by atoms with Crippen LogP contribution in [0.1, 0.15) is 50.1 Å². The summed E-state index contributed by atoms with van der Waals surface area (Å²) in [6.07, 6.45) is 3.09. The van der Waals surface area contributed by atoms with Gasteiger partial charge in [0.15, 0.2) is 5.54 Å². The van der Waals surface area contributed by atoms with Crippen molar-refractivity contribution in [2.75, 3.05) is 6.54 Å². The van der Waals surface area contributed by atoms with Crippen LogP contribution in [0.15, 0.2) is 64.4 Å².